The number of Topliss-reactive ketones (excluding diaryl/α,β-unsaturated/α-hetero) is 1. The van der Waals surface area contributed by atoms with Gasteiger partial charge in [0.1, 0.15) is 11.4 Å². The van der Waals surface area contributed by atoms with Crippen LogP contribution in [0.4, 0.5) is 11.4 Å². The molecule has 0 saturated carbocycles. The van der Waals surface area contributed by atoms with Crippen LogP contribution >= 0.6 is 0 Å². The van der Waals surface area contributed by atoms with Crippen LogP contribution in [0.3, 0.4) is 0 Å². The van der Waals surface area contributed by atoms with Crippen LogP contribution in [0, 0.1) is 24.0 Å². The van der Waals surface area contributed by atoms with Gasteiger partial charge in [-0.1, -0.05) is 12.1 Å². The Morgan fingerprint density at radius 3 is 2.48 bits per heavy atom. The molecular formula is C17H20N4O4. The third-order valence-electron chi connectivity index (χ3n) is 3.84. The molecule has 1 heterocycles. The minimum absolute atomic E-state index is 0.0178. The quantitative estimate of drug-likeness (QED) is 0.309. The maximum absolute atomic E-state index is 12.3. The number of rotatable bonds is 7. The number of amides is 1. The number of nitrogens with zero attached hydrogens (tertiary/aromatic N) is 1. The van der Waals surface area contributed by atoms with Gasteiger partial charge in [0.2, 0.25) is 0 Å². The number of carbonyl (C=O) groups excluding carboxylic acids is 2. The van der Waals surface area contributed by atoms with Crippen molar-refractivity contribution in [3.05, 3.63) is 56.9 Å². The van der Waals surface area contributed by atoms with Crippen molar-refractivity contribution < 1.29 is 14.5 Å². The minimum Gasteiger partial charge on any atom is -0.378 e. The molecule has 3 N–H and O–H groups in total. The molecule has 1 aromatic heterocycles. The van der Waals surface area contributed by atoms with Crippen LogP contribution in [0.15, 0.2) is 24.3 Å². The molecule has 0 atom stereocenters. The van der Waals surface area contributed by atoms with E-state index < -0.39 is 4.92 Å². The Morgan fingerprint density at radius 2 is 1.88 bits per heavy atom. The van der Waals surface area contributed by atoms with Crippen molar-refractivity contribution in [2.24, 2.45) is 0 Å². The van der Waals surface area contributed by atoms with Crippen molar-refractivity contribution in [2.45, 2.75) is 20.8 Å². The standard InChI is InChI=1S/C17H20N4O4/c1-10-15(12(3)22)11(2)20-16(10)17(23)19-9-8-18-13-6-4-5-7-14(13)21(24)25/h4-7,18,20H,8-9H2,1-3H3,(H,19,23). The first kappa shape index (κ1) is 18.2. The van der Waals surface area contributed by atoms with E-state index in [1.807, 2.05) is 0 Å². The maximum atomic E-state index is 12.3. The first-order valence-electron chi connectivity index (χ1n) is 7.78. The minimum atomic E-state index is -0.463. The number of aromatic amines is 1. The molecular weight excluding hydrogens is 324 g/mol. The fourth-order valence-corrected chi connectivity index (χ4v) is 2.75. The lowest BCUT2D eigenvalue weighted by atomic mass is 10.1. The van der Waals surface area contributed by atoms with E-state index in [0.29, 0.717) is 34.7 Å². The number of carbonyl (C=O) groups is 2. The van der Waals surface area contributed by atoms with Crippen LogP contribution < -0.4 is 10.6 Å². The molecule has 0 aliphatic carbocycles. The predicted molar refractivity (Wildman–Crippen MR) is 94.2 cm³/mol. The summed E-state index contributed by atoms with van der Waals surface area (Å²) < 4.78 is 0. The highest BCUT2D eigenvalue weighted by Crippen LogP contribution is 2.22. The first-order chi connectivity index (χ1) is 11.8. The van der Waals surface area contributed by atoms with Gasteiger partial charge in [-0.05, 0) is 32.4 Å². The number of hydrogen-bond donors (Lipinski definition) is 3. The summed E-state index contributed by atoms with van der Waals surface area (Å²) in [4.78, 5) is 37.3. The van der Waals surface area contributed by atoms with E-state index in [4.69, 9.17) is 0 Å². The normalized spacial score (nSPS) is 10.4. The highest BCUT2D eigenvalue weighted by Gasteiger charge is 2.19. The molecule has 25 heavy (non-hydrogen) atoms. The molecule has 2 rings (SSSR count). The molecule has 1 amide bonds. The van der Waals surface area contributed by atoms with Crippen molar-refractivity contribution in [3.8, 4) is 0 Å². The van der Waals surface area contributed by atoms with E-state index in [0.717, 1.165) is 0 Å². The molecule has 2 aromatic rings. The van der Waals surface area contributed by atoms with Crippen LogP contribution in [-0.4, -0.2) is 34.7 Å². The first-order valence-corrected chi connectivity index (χ1v) is 7.78. The Balaban J connectivity index is 1.95. The van der Waals surface area contributed by atoms with Gasteiger partial charge >= 0.3 is 0 Å². The van der Waals surface area contributed by atoms with Crippen molar-refractivity contribution in [1.29, 1.82) is 0 Å². The lowest BCUT2D eigenvalue weighted by Gasteiger charge is -2.08. The number of nitrogens with one attached hydrogen (secondary N) is 3. The molecule has 8 heteroatoms. The number of aryl methyl sites for hydroxylation is 1. The van der Waals surface area contributed by atoms with Gasteiger partial charge in [-0.3, -0.25) is 19.7 Å². The lowest BCUT2D eigenvalue weighted by molar-refractivity contribution is -0.384. The number of aromatic nitrogens is 1. The van der Waals surface area contributed by atoms with Crippen molar-refractivity contribution in [1.82, 2.24) is 10.3 Å². The molecule has 0 unspecified atom stereocenters. The third-order valence-corrected chi connectivity index (χ3v) is 3.84. The highest BCUT2D eigenvalue weighted by atomic mass is 16.6. The van der Waals surface area contributed by atoms with Gasteiger partial charge in [-0.25, -0.2) is 0 Å². The molecule has 0 aliphatic heterocycles. The van der Waals surface area contributed by atoms with Crippen LogP contribution in [0.2, 0.25) is 0 Å². The summed E-state index contributed by atoms with van der Waals surface area (Å²) in [6.45, 7) is 5.53. The number of nitro benzene ring substituents is 1. The van der Waals surface area contributed by atoms with Gasteiger partial charge in [0.25, 0.3) is 11.6 Å². The van der Waals surface area contributed by atoms with Crippen molar-refractivity contribution >= 4 is 23.1 Å². The number of para-hydroxylation sites is 2. The highest BCUT2D eigenvalue weighted by molar-refractivity contribution is 6.02. The number of hydrogen-bond acceptors (Lipinski definition) is 5. The summed E-state index contributed by atoms with van der Waals surface area (Å²) in [7, 11) is 0. The Hall–Kier alpha value is -3.16. The second-order valence-corrected chi connectivity index (χ2v) is 5.64. The Labute approximate surface area is 144 Å². The molecule has 0 saturated heterocycles. The summed E-state index contributed by atoms with van der Waals surface area (Å²) in [5.74, 6) is -0.416. The van der Waals surface area contributed by atoms with Gasteiger partial charge in [-0.2, -0.15) is 0 Å². The molecule has 0 bridgehead atoms. The summed E-state index contributed by atoms with van der Waals surface area (Å²) in [6, 6.07) is 6.31. The van der Waals surface area contributed by atoms with E-state index >= 15 is 0 Å². The lowest BCUT2D eigenvalue weighted by Crippen LogP contribution is -2.29. The summed E-state index contributed by atoms with van der Waals surface area (Å²) in [5.41, 5.74) is 2.54. The van der Waals surface area contributed by atoms with Gasteiger partial charge in [0.05, 0.1) is 4.92 Å². The van der Waals surface area contributed by atoms with E-state index in [1.54, 1.807) is 32.0 Å². The summed E-state index contributed by atoms with van der Waals surface area (Å²) >= 11 is 0. The molecule has 132 valence electrons. The van der Waals surface area contributed by atoms with Crippen LogP contribution in [0.5, 0.6) is 0 Å². The van der Waals surface area contributed by atoms with Crippen LogP contribution in [0.25, 0.3) is 0 Å². The second-order valence-electron chi connectivity index (χ2n) is 5.64. The fraction of sp³-hybridized carbons (Fsp3) is 0.294. The van der Waals surface area contributed by atoms with Gasteiger partial charge < -0.3 is 15.6 Å². The maximum Gasteiger partial charge on any atom is 0.292 e. The SMILES string of the molecule is CC(=O)c1c(C)[nH]c(C(=O)NCCNc2ccccc2[N+](=O)[O-])c1C. The van der Waals surface area contributed by atoms with Gasteiger partial charge in [-0.15, -0.1) is 0 Å². The molecule has 0 radical (unpaired) electrons. The number of nitro groups is 1. The van der Waals surface area contributed by atoms with E-state index in [9.17, 15) is 19.7 Å². The monoisotopic (exact) mass is 344 g/mol. The summed E-state index contributed by atoms with van der Waals surface area (Å²) in [6.07, 6.45) is 0. The van der Waals surface area contributed by atoms with Gasteiger partial charge in [0, 0.05) is 30.4 Å². The molecule has 0 aliphatic rings. The second kappa shape index (κ2) is 7.61. The van der Waals surface area contributed by atoms with Crippen LogP contribution in [-0.2, 0) is 0 Å². The van der Waals surface area contributed by atoms with E-state index in [1.165, 1.54) is 13.0 Å². The molecule has 8 nitrogen and oxygen atoms in total. The number of benzene rings is 1. The number of ketones is 1. The average Bonchev–Trinajstić information content (AvgIpc) is 2.86. The molecule has 1 aromatic carbocycles. The zero-order valence-corrected chi connectivity index (χ0v) is 14.3. The number of anilines is 1. The third kappa shape index (κ3) is 4.03. The average molecular weight is 344 g/mol. The fourth-order valence-electron chi connectivity index (χ4n) is 2.75. The Kier molecular flexibility index (Phi) is 5.53. The Bertz CT molecular complexity index is 826. The van der Waals surface area contributed by atoms with E-state index in [-0.39, 0.29) is 23.9 Å². The topological polar surface area (TPSA) is 117 Å². The molecule has 0 spiro atoms. The summed E-state index contributed by atoms with van der Waals surface area (Å²) in [5, 5.41) is 16.6. The van der Waals surface area contributed by atoms with Crippen molar-refractivity contribution in [2.75, 3.05) is 18.4 Å². The van der Waals surface area contributed by atoms with Gasteiger partial charge in [0.15, 0.2) is 5.78 Å². The zero-order valence-electron chi connectivity index (χ0n) is 14.3. The predicted octanol–water partition coefficient (Wildman–Crippen LogP) is 2.58. The molecule has 0 fully saturated rings. The zero-order chi connectivity index (χ0) is 18.6. The van der Waals surface area contributed by atoms with Crippen LogP contribution in [0.1, 0.15) is 39.0 Å². The largest absolute Gasteiger partial charge is 0.378 e. The number of H-pyrrole nitrogens is 1. The smallest absolute Gasteiger partial charge is 0.292 e. The Morgan fingerprint density at radius 1 is 1.20 bits per heavy atom. The van der Waals surface area contributed by atoms with Crippen molar-refractivity contribution in [3.63, 3.8) is 0 Å². The van der Waals surface area contributed by atoms with E-state index in [2.05, 4.69) is 15.6 Å².